The molecule has 0 spiro atoms. The summed E-state index contributed by atoms with van der Waals surface area (Å²) >= 11 is 0. The number of ether oxygens (including phenoxy) is 1. The molecule has 5 nitrogen and oxygen atoms in total. The van der Waals surface area contributed by atoms with Crippen LogP contribution in [0.5, 0.6) is 0 Å². The second kappa shape index (κ2) is 7.68. The minimum atomic E-state index is -0.128. The Morgan fingerprint density at radius 3 is 2.60 bits per heavy atom. The third-order valence-electron chi connectivity index (χ3n) is 4.57. The fourth-order valence-corrected chi connectivity index (χ4v) is 2.99. The molecule has 1 amide bonds. The molecule has 5 heteroatoms. The topological polar surface area (TPSA) is 67.6 Å². The smallest absolute Gasteiger partial charge is 0.256 e. The molecule has 25 heavy (non-hydrogen) atoms. The molecule has 1 heterocycles. The van der Waals surface area contributed by atoms with Gasteiger partial charge in [-0.25, -0.2) is 0 Å². The fourth-order valence-electron chi connectivity index (χ4n) is 2.99. The first-order valence-corrected chi connectivity index (χ1v) is 8.60. The number of rotatable bonds is 4. The van der Waals surface area contributed by atoms with Gasteiger partial charge in [0, 0.05) is 36.6 Å². The lowest BCUT2D eigenvalue weighted by molar-refractivity contribution is 0.0342. The van der Waals surface area contributed by atoms with Crippen LogP contribution in [0, 0.1) is 13.8 Å². The van der Waals surface area contributed by atoms with Crippen molar-refractivity contribution in [2.75, 3.05) is 37.4 Å². The number of nitrogens with zero attached hydrogens (tertiary/aromatic N) is 1. The largest absolute Gasteiger partial charge is 0.399 e. The fraction of sp³-hybridized carbons (Fsp3) is 0.350. The Kier molecular flexibility index (Phi) is 5.36. The highest BCUT2D eigenvalue weighted by Crippen LogP contribution is 2.21. The predicted octanol–water partition coefficient (Wildman–Crippen LogP) is 2.97. The van der Waals surface area contributed by atoms with Crippen LogP contribution in [-0.4, -0.2) is 37.1 Å². The number of nitrogen functional groups attached to an aromatic ring is 1. The highest BCUT2D eigenvalue weighted by Gasteiger charge is 2.14. The Hall–Kier alpha value is -2.37. The number of nitrogens with one attached hydrogen (secondary N) is 1. The zero-order valence-electron chi connectivity index (χ0n) is 14.8. The van der Waals surface area contributed by atoms with Gasteiger partial charge in [-0.3, -0.25) is 9.69 Å². The Morgan fingerprint density at radius 2 is 1.84 bits per heavy atom. The van der Waals surface area contributed by atoms with Gasteiger partial charge in [0.05, 0.1) is 13.2 Å². The summed E-state index contributed by atoms with van der Waals surface area (Å²) in [6.45, 7) is 8.23. The molecule has 1 aliphatic heterocycles. The van der Waals surface area contributed by atoms with Crippen molar-refractivity contribution in [3.05, 3.63) is 58.7 Å². The molecule has 0 aromatic heterocycles. The van der Waals surface area contributed by atoms with Crippen LogP contribution in [0.25, 0.3) is 0 Å². The third kappa shape index (κ3) is 4.38. The van der Waals surface area contributed by atoms with Crippen LogP contribution >= 0.6 is 0 Å². The Bertz CT molecular complexity index is 768. The van der Waals surface area contributed by atoms with Gasteiger partial charge >= 0.3 is 0 Å². The number of anilines is 2. The van der Waals surface area contributed by atoms with Crippen LogP contribution in [0.4, 0.5) is 11.4 Å². The first-order chi connectivity index (χ1) is 12.0. The zero-order chi connectivity index (χ0) is 17.8. The molecule has 0 saturated carbocycles. The summed E-state index contributed by atoms with van der Waals surface area (Å²) < 4.78 is 5.39. The number of aryl methyl sites for hydroxylation is 2. The van der Waals surface area contributed by atoms with Crippen molar-refractivity contribution in [1.82, 2.24) is 4.90 Å². The Balaban J connectivity index is 1.76. The van der Waals surface area contributed by atoms with E-state index in [4.69, 9.17) is 10.5 Å². The molecule has 2 aromatic rings. The van der Waals surface area contributed by atoms with Gasteiger partial charge in [-0.2, -0.15) is 0 Å². The number of hydrogen-bond donors (Lipinski definition) is 2. The van der Waals surface area contributed by atoms with E-state index in [1.165, 1.54) is 5.56 Å². The van der Waals surface area contributed by atoms with E-state index in [9.17, 15) is 4.79 Å². The quantitative estimate of drug-likeness (QED) is 0.841. The van der Waals surface area contributed by atoms with Gasteiger partial charge in [-0.1, -0.05) is 18.2 Å². The summed E-state index contributed by atoms with van der Waals surface area (Å²) in [7, 11) is 0. The van der Waals surface area contributed by atoms with E-state index in [0.717, 1.165) is 49.7 Å². The molecule has 0 unspecified atom stereocenters. The number of nitrogens with two attached hydrogens (primary N) is 1. The van der Waals surface area contributed by atoms with E-state index >= 15 is 0 Å². The summed E-state index contributed by atoms with van der Waals surface area (Å²) in [6, 6.07) is 11.6. The Morgan fingerprint density at radius 1 is 1.12 bits per heavy atom. The maximum absolute atomic E-state index is 12.6. The Labute approximate surface area is 148 Å². The van der Waals surface area contributed by atoms with Crippen LogP contribution < -0.4 is 11.1 Å². The van der Waals surface area contributed by atoms with Crippen LogP contribution in [0.1, 0.15) is 27.0 Å². The van der Waals surface area contributed by atoms with Crippen LogP contribution in [0.3, 0.4) is 0 Å². The summed E-state index contributed by atoms with van der Waals surface area (Å²) in [5.41, 5.74) is 11.0. The van der Waals surface area contributed by atoms with Crippen molar-refractivity contribution in [3.8, 4) is 0 Å². The van der Waals surface area contributed by atoms with E-state index in [-0.39, 0.29) is 5.91 Å². The maximum Gasteiger partial charge on any atom is 0.256 e. The average molecular weight is 339 g/mol. The molecule has 1 aliphatic rings. The van der Waals surface area contributed by atoms with E-state index in [2.05, 4.69) is 28.4 Å². The van der Waals surface area contributed by atoms with Crippen LogP contribution in [0.2, 0.25) is 0 Å². The molecule has 0 aliphatic carbocycles. The molecule has 0 radical (unpaired) electrons. The maximum atomic E-state index is 12.6. The van der Waals surface area contributed by atoms with Gasteiger partial charge in [0.2, 0.25) is 0 Å². The predicted molar refractivity (Wildman–Crippen MR) is 101 cm³/mol. The monoisotopic (exact) mass is 339 g/mol. The van der Waals surface area contributed by atoms with Gasteiger partial charge in [0.15, 0.2) is 0 Å². The summed E-state index contributed by atoms with van der Waals surface area (Å²) in [5.74, 6) is -0.128. The van der Waals surface area contributed by atoms with Crippen molar-refractivity contribution >= 4 is 17.3 Å². The number of hydrogen-bond acceptors (Lipinski definition) is 4. The summed E-state index contributed by atoms with van der Waals surface area (Å²) in [4.78, 5) is 15.0. The van der Waals surface area contributed by atoms with Crippen molar-refractivity contribution in [3.63, 3.8) is 0 Å². The summed E-state index contributed by atoms with van der Waals surface area (Å²) in [5, 5.41) is 3.03. The zero-order valence-corrected chi connectivity index (χ0v) is 14.8. The van der Waals surface area contributed by atoms with Gasteiger partial charge in [0.1, 0.15) is 0 Å². The van der Waals surface area contributed by atoms with Gasteiger partial charge in [0.25, 0.3) is 5.91 Å². The molecular formula is C20H25N3O2. The van der Waals surface area contributed by atoms with Gasteiger partial charge in [-0.15, -0.1) is 0 Å². The lowest BCUT2D eigenvalue weighted by Gasteiger charge is -2.26. The van der Waals surface area contributed by atoms with Crippen LogP contribution in [-0.2, 0) is 11.3 Å². The van der Waals surface area contributed by atoms with E-state index in [0.29, 0.717) is 11.3 Å². The van der Waals surface area contributed by atoms with Crippen molar-refractivity contribution in [2.24, 2.45) is 0 Å². The molecular weight excluding hydrogens is 314 g/mol. The first kappa shape index (κ1) is 17.5. The number of carbonyl (C=O) groups is 1. The molecule has 0 bridgehead atoms. The first-order valence-electron chi connectivity index (χ1n) is 8.60. The van der Waals surface area contributed by atoms with Crippen LogP contribution in [0.15, 0.2) is 36.4 Å². The summed E-state index contributed by atoms with van der Waals surface area (Å²) in [6.07, 6.45) is 0. The highest BCUT2D eigenvalue weighted by molar-refractivity contribution is 6.06. The van der Waals surface area contributed by atoms with Crippen molar-refractivity contribution in [2.45, 2.75) is 20.4 Å². The molecule has 0 atom stereocenters. The van der Waals surface area contributed by atoms with Crippen molar-refractivity contribution in [1.29, 1.82) is 0 Å². The lowest BCUT2D eigenvalue weighted by Crippen LogP contribution is -2.35. The lowest BCUT2D eigenvalue weighted by atomic mass is 10.1. The molecule has 3 rings (SSSR count). The minimum Gasteiger partial charge on any atom is -0.399 e. The SMILES string of the molecule is Cc1ccc(CN2CCOCC2)cc1NC(=O)c1cc(N)ccc1C. The second-order valence-electron chi connectivity index (χ2n) is 6.57. The number of morpholine rings is 1. The standard InChI is InChI=1S/C20H25N3O2/c1-14-4-6-17(21)12-18(14)20(24)22-19-11-16(5-3-15(19)2)13-23-7-9-25-10-8-23/h3-6,11-12H,7-10,13,21H2,1-2H3,(H,22,24). The highest BCUT2D eigenvalue weighted by atomic mass is 16.5. The second-order valence-corrected chi connectivity index (χ2v) is 6.57. The molecule has 1 saturated heterocycles. The number of carbonyl (C=O) groups excluding carboxylic acids is 1. The molecule has 3 N–H and O–H groups in total. The molecule has 2 aromatic carbocycles. The van der Waals surface area contributed by atoms with E-state index in [1.54, 1.807) is 12.1 Å². The molecule has 132 valence electrons. The number of benzene rings is 2. The average Bonchev–Trinajstić information content (AvgIpc) is 2.61. The van der Waals surface area contributed by atoms with E-state index in [1.807, 2.05) is 19.9 Å². The van der Waals surface area contributed by atoms with Gasteiger partial charge < -0.3 is 15.8 Å². The third-order valence-corrected chi connectivity index (χ3v) is 4.57. The van der Waals surface area contributed by atoms with Gasteiger partial charge in [-0.05, 0) is 48.7 Å². The molecule has 1 fully saturated rings. The van der Waals surface area contributed by atoms with E-state index < -0.39 is 0 Å². The van der Waals surface area contributed by atoms with Crippen molar-refractivity contribution < 1.29 is 9.53 Å². The minimum absolute atomic E-state index is 0.128. The number of amides is 1. The normalized spacial score (nSPS) is 15.1.